The Bertz CT molecular complexity index is 571. The zero-order valence-electron chi connectivity index (χ0n) is 10.1. The summed E-state index contributed by atoms with van der Waals surface area (Å²) in [6.07, 6.45) is -4.33. The van der Waals surface area contributed by atoms with Crippen molar-refractivity contribution >= 4 is 10.9 Å². The van der Waals surface area contributed by atoms with E-state index in [0.29, 0.717) is 5.39 Å². The summed E-state index contributed by atoms with van der Waals surface area (Å²) in [4.78, 5) is 0. The van der Waals surface area contributed by atoms with Crippen LogP contribution in [0.4, 0.5) is 13.2 Å². The van der Waals surface area contributed by atoms with Crippen molar-refractivity contribution in [2.75, 3.05) is 6.61 Å². The van der Waals surface area contributed by atoms with Gasteiger partial charge in [-0.1, -0.05) is 6.92 Å². The molecule has 2 nitrogen and oxygen atoms in total. The Morgan fingerprint density at radius 3 is 2.50 bits per heavy atom. The van der Waals surface area contributed by atoms with Gasteiger partial charge in [0.2, 0.25) is 0 Å². The molecule has 1 atom stereocenters. The van der Waals surface area contributed by atoms with E-state index in [2.05, 4.69) is 0 Å². The lowest BCUT2D eigenvalue weighted by Gasteiger charge is -2.09. The lowest BCUT2D eigenvalue weighted by atomic mass is 10.1. The Hall–Kier alpha value is -1.49. The van der Waals surface area contributed by atoms with Crippen LogP contribution in [-0.4, -0.2) is 16.3 Å². The molecule has 0 spiro atoms. The van der Waals surface area contributed by atoms with E-state index < -0.39 is 11.7 Å². The number of fused-ring (bicyclic) bond motifs is 1. The van der Waals surface area contributed by atoms with Gasteiger partial charge in [0, 0.05) is 29.6 Å². The highest BCUT2D eigenvalue weighted by molar-refractivity contribution is 5.82. The van der Waals surface area contributed by atoms with Crippen LogP contribution in [0.5, 0.6) is 0 Å². The van der Waals surface area contributed by atoms with Crippen LogP contribution < -0.4 is 0 Å². The Balaban J connectivity index is 2.59. The van der Waals surface area contributed by atoms with Gasteiger partial charge in [0.15, 0.2) is 0 Å². The van der Waals surface area contributed by atoms with Crippen molar-refractivity contribution in [1.29, 1.82) is 0 Å². The zero-order chi connectivity index (χ0) is 13.5. The summed E-state index contributed by atoms with van der Waals surface area (Å²) in [6, 6.07) is 5.38. The fourth-order valence-corrected chi connectivity index (χ4v) is 2.11. The van der Waals surface area contributed by atoms with Crippen LogP contribution in [0, 0.1) is 0 Å². The number of rotatable bonds is 2. The molecule has 1 aromatic carbocycles. The quantitative estimate of drug-likeness (QED) is 0.877. The smallest absolute Gasteiger partial charge is 0.396 e. The van der Waals surface area contributed by atoms with Gasteiger partial charge in [-0.25, -0.2) is 0 Å². The SMILES string of the molecule is CC(CO)c1cc2cc(C(F)(F)F)ccc2n1C. The van der Waals surface area contributed by atoms with E-state index in [1.165, 1.54) is 6.07 Å². The number of benzene rings is 1. The van der Waals surface area contributed by atoms with Gasteiger partial charge in [-0.15, -0.1) is 0 Å². The average Bonchev–Trinajstić information content (AvgIpc) is 2.64. The summed E-state index contributed by atoms with van der Waals surface area (Å²) < 4.78 is 39.6. The summed E-state index contributed by atoms with van der Waals surface area (Å²) in [5.41, 5.74) is 0.911. The molecule has 1 aromatic heterocycles. The molecule has 0 aliphatic carbocycles. The normalized spacial score (nSPS) is 14.1. The largest absolute Gasteiger partial charge is 0.416 e. The van der Waals surface area contributed by atoms with Crippen LogP contribution in [0.2, 0.25) is 0 Å². The molecule has 5 heteroatoms. The predicted octanol–water partition coefficient (Wildman–Crippen LogP) is 3.29. The molecule has 98 valence electrons. The van der Waals surface area contributed by atoms with Crippen molar-refractivity contribution < 1.29 is 18.3 Å². The number of nitrogens with zero attached hydrogens (tertiary/aromatic N) is 1. The maximum atomic E-state index is 12.6. The fraction of sp³-hybridized carbons (Fsp3) is 0.385. The molecule has 0 aliphatic rings. The molecule has 0 saturated heterocycles. The topological polar surface area (TPSA) is 25.2 Å². The van der Waals surface area contributed by atoms with E-state index in [1.807, 2.05) is 11.5 Å². The van der Waals surface area contributed by atoms with Crippen molar-refractivity contribution in [3.63, 3.8) is 0 Å². The van der Waals surface area contributed by atoms with Crippen LogP contribution in [0.25, 0.3) is 10.9 Å². The highest BCUT2D eigenvalue weighted by atomic mass is 19.4. The Kier molecular flexibility index (Phi) is 3.11. The lowest BCUT2D eigenvalue weighted by Crippen LogP contribution is -2.05. The fourth-order valence-electron chi connectivity index (χ4n) is 2.11. The first kappa shape index (κ1) is 13.0. The number of halogens is 3. The average molecular weight is 257 g/mol. The molecule has 0 saturated carbocycles. The van der Waals surface area contributed by atoms with E-state index in [9.17, 15) is 13.2 Å². The molecular formula is C13H14F3NO. The minimum Gasteiger partial charge on any atom is -0.396 e. The van der Waals surface area contributed by atoms with Gasteiger partial charge < -0.3 is 9.67 Å². The van der Waals surface area contributed by atoms with Crippen molar-refractivity contribution in [1.82, 2.24) is 4.57 Å². The van der Waals surface area contributed by atoms with Crippen molar-refractivity contribution in [3.8, 4) is 0 Å². The third-order valence-corrected chi connectivity index (χ3v) is 3.19. The summed E-state index contributed by atoms with van der Waals surface area (Å²) in [7, 11) is 1.79. The van der Waals surface area contributed by atoms with Crippen molar-refractivity contribution in [2.24, 2.45) is 7.05 Å². The van der Waals surface area contributed by atoms with Crippen LogP contribution >= 0.6 is 0 Å². The zero-order valence-corrected chi connectivity index (χ0v) is 10.1. The van der Waals surface area contributed by atoms with Crippen molar-refractivity contribution in [3.05, 3.63) is 35.5 Å². The second-order valence-electron chi connectivity index (χ2n) is 4.48. The van der Waals surface area contributed by atoms with Gasteiger partial charge in [0.25, 0.3) is 0 Å². The number of hydrogen-bond donors (Lipinski definition) is 1. The second kappa shape index (κ2) is 4.31. The number of aryl methyl sites for hydroxylation is 1. The maximum absolute atomic E-state index is 12.6. The van der Waals surface area contributed by atoms with E-state index in [1.54, 1.807) is 13.1 Å². The molecule has 0 radical (unpaired) electrons. The highest BCUT2D eigenvalue weighted by Crippen LogP contribution is 2.33. The molecular weight excluding hydrogens is 243 g/mol. The Morgan fingerprint density at radius 1 is 1.28 bits per heavy atom. The highest BCUT2D eigenvalue weighted by Gasteiger charge is 2.30. The van der Waals surface area contributed by atoms with Crippen LogP contribution in [0.3, 0.4) is 0 Å². The molecule has 2 rings (SSSR count). The Morgan fingerprint density at radius 2 is 1.94 bits per heavy atom. The third-order valence-electron chi connectivity index (χ3n) is 3.19. The molecule has 1 heterocycles. The van der Waals surface area contributed by atoms with Gasteiger partial charge in [0.1, 0.15) is 0 Å². The molecule has 0 bridgehead atoms. The molecule has 18 heavy (non-hydrogen) atoms. The first-order valence-electron chi connectivity index (χ1n) is 5.62. The van der Waals surface area contributed by atoms with E-state index in [0.717, 1.165) is 23.3 Å². The van der Waals surface area contributed by atoms with Crippen LogP contribution in [0.1, 0.15) is 24.1 Å². The third kappa shape index (κ3) is 2.10. The van der Waals surface area contributed by atoms with Crippen LogP contribution in [0.15, 0.2) is 24.3 Å². The maximum Gasteiger partial charge on any atom is 0.416 e. The van der Waals surface area contributed by atoms with E-state index in [-0.39, 0.29) is 12.5 Å². The van der Waals surface area contributed by atoms with Gasteiger partial charge in [0.05, 0.1) is 12.2 Å². The molecule has 1 N–H and O–H groups in total. The summed E-state index contributed by atoms with van der Waals surface area (Å²) in [5, 5.41) is 9.67. The van der Waals surface area contributed by atoms with Crippen molar-refractivity contribution in [2.45, 2.75) is 19.0 Å². The molecule has 0 fully saturated rings. The minimum absolute atomic E-state index is 0.0315. The number of aromatic nitrogens is 1. The van der Waals surface area contributed by atoms with Gasteiger partial charge in [-0.3, -0.25) is 0 Å². The minimum atomic E-state index is -4.33. The Labute approximate surface area is 103 Å². The number of hydrogen-bond acceptors (Lipinski definition) is 1. The molecule has 1 unspecified atom stereocenters. The summed E-state index contributed by atoms with van der Waals surface area (Å²) >= 11 is 0. The number of alkyl halides is 3. The summed E-state index contributed by atoms with van der Waals surface area (Å²) in [6.45, 7) is 1.80. The first-order valence-corrected chi connectivity index (χ1v) is 5.62. The van der Waals surface area contributed by atoms with Crippen LogP contribution in [-0.2, 0) is 13.2 Å². The molecule has 0 aliphatic heterocycles. The number of aliphatic hydroxyl groups excluding tert-OH is 1. The number of aliphatic hydroxyl groups is 1. The molecule has 0 amide bonds. The van der Waals surface area contributed by atoms with Gasteiger partial charge in [-0.05, 0) is 24.3 Å². The van der Waals surface area contributed by atoms with E-state index >= 15 is 0 Å². The lowest BCUT2D eigenvalue weighted by molar-refractivity contribution is -0.137. The summed E-state index contributed by atoms with van der Waals surface area (Å²) in [5.74, 6) is -0.100. The second-order valence-corrected chi connectivity index (χ2v) is 4.48. The molecule has 2 aromatic rings. The van der Waals surface area contributed by atoms with E-state index in [4.69, 9.17) is 5.11 Å². The van der Waals surface area contributed by atoms with Gasteiger partial charge >= 0.3 is 6.18 Å². The first-order chi connectivity index (χ1) is 8.34. The van der Waals surface area contributed by atoms with Gasteiger partial charge in [-0.2, -0.15) is 13.2 Å². The predicted molar refractivity (Wildman–Crippen MR) is 63.4 cm³/mol. The monoisotopic (exact) mass is 257 g/mol. The standard InChI is InChI=1S/C13H14F3NO/c1-8(7-18)12-6-9-5-10(13(14,15)16)3-4-11(9)17(12)2/h3-6,8,18H,7H2,1-2H3.